The molecule has 1 aliphatic heterocycles. The van der Waals surface area contributed by atoms with Crippen molar-refractivity contribution in [3.8, 4) is 0 Å². The van der Waals surface area contributed by atoms with Gasteiger partial charge in [0.15, 0.2) is 0 Å². The molecule has 0 radical (unpaired) electrons. The molecule has 2 rings (SSSR count). The van der Waals surface area contributed by atoms with Crippen LogP contribution in [0.25, 0.3) is 0 Å². The lowest BCUT2D eigenvalue weighted by molar-refractivity contribution is -0.230. The minimum Gasteiger partial charge on any atom is -0.379 e. The highest BCUT2D eigenvalue weighted by molar-refractivity contribution is 5.13. The predicted molar refractivity (Wildman–Crippen MR) is 82.8 cm³/mol. The van der Waals surface area contributed by atoms with Crippen molar-refractivity contribution >= 4 is 0 Å². The lowest BCUT2D eigenvalue weighted by atomic mass is 9.99. The highest BCUT2D eigenvalue weighted by atomic mass is 16.6. The Hall–Kier alpha value is -0.980. The first-order valence-electron chi connectivity index (χ1n) is 7.70. The van der Waals surface area contributed by atoms with Crippen LogP contribution in [-0.4, -0.2) is 58.5 Å². The van der Waals surface area contributed by atoms with Gasteiger partial charge in [0.25, 0.3) is 0 Å². The van der Waals surface area contributed by atoms with E-state index < -0.39 is 0 Å². The summed E-state index contributed by atoms with van der Waals surface area (Å²) in [6.07, 6.45) is -0.688. The van der Waals surface area contributed by atoms with Gasteiger partial charge in [-0.3, -0.25) is 0 Å². The van der Waals surface area contributed by atoms with Crippen molar-refractivity contribution in [2.24, 2.45) is 0 Å². The topological polar surface area (TPSA) is 46.2 Å². The molecule has 0 N–H and O–H groups in total. The van der Waals surface area contributed by atoms with E-state index in [-0.39, 0.29) is 24.4 Å². The number of hydrogen-bond acceptors (Lipinski definition) is 5. The Kier molecular flexibility index (Phi) is 7.29. The van der Waals surface area contributed by atoms with Crippen LogP contribution in [0.3, 0.4) is 0 Å². The van der Waals surface area contributed by atoms with Crippen molar-refractivity contribution in [1.82, 2.24) is 0 Å². The standard InChI is InChI=1S/C17H26O5/c1-4-20-11-15-17(16(19-3)14(18-2)12-21-15)22-10-13-8-6-5-7-9-13/h5-9,14-17H,4,10-12H2,1-3H3. The van der Waals surface area contributed by atoms with Crippen molar-refractivity contribution in [3.63, 3.8) is 0 Å². The van der Waals surface area contributed by atoms with Gasteiger partial charge < -0.3 is 23.7 Å². The van der Waals surface area contributed by atoms with Crippen LogP contribution >= 0.6 is 0 Å². The molecule has 1 aromatic carbocycles. The lowest BCUT2D eigenvalue weighted by Crippen LogP contribution is -2.56. The largest absolute Gasteiger partial charge is 0.379 e. The zero-order valence-corrected chi connectivity index (χ0v) is 13.6. The number of benzene rings is 1. The van der Waals surface area contributed by atoms with Gasteiger partial charge in [-0.15, -0.1) is 0 Å². The van der Waals surface area contributed by atoms with Gasteiger partial charge in [0, 0.05) is 20.8 Å². The second-order valence-corrected chi connectivity index (χ2v) is 5.27. The summed E-state index contributed by atoms with van der Waals surface area (Å²) in [6, 6.07) is 10.1. The Balaban J connectivity index is 2.03. The SMILES string of the molecule is CCOCC1OCC(OC)C(OC)C1OCc1ccccc1. The fourth-order valence-electron chi connectivity index (χ4n) is 2.67. The number of rotatable bonds is 8. The molecule has 5 nitrogen and oxygen atoms in total. The van der Waals surface area contributed by atoms with Crippen LogP contribution in [0.1, 0.15) is 12.5 Å². The molecule has 22 heavy (non-hydrogen) atoms. The van der Waals surface area contributed by atoms with E-state index in [0.717, 1.165) is 5.56 Å². The molecule has 4 unspecified atom stereocenters. The Bertz CT molecular complexity index is 411. The Morgan fingerprint density at radius 3 is 2.50 bits per heavy atom. The highest BCUT2D eigenvalue weighted by Crippen LogP contribution is 2.24. The molecule has 0 amide bonds. The van der Waals surface area contributed by atoms with E-state index in [9.17, 15) is 0 Å². The van der Waals surface area contributed by atoms with E-state index in [1.54, 1.807) is 14.2 Å². The van der Waals surface area contributed by atoms with Gasteiger partial charge in [0.1, 0.15) is 24.4 Å². The summed E-state index contributed by atoms with van der Waals surface area (Å²) in [5, 5.41) is 0. The molecule has 1 saturated heterocycles. The summed E-state index contributed by atoms with van der Waals surface area (Å²) in [6.45, 7) is 4.10. The predicted octanol–water partition coefficient (Wildman–Crippen LogP) is 2.04. The van der Waals surface area contributed by atoms with Crippen LogP contribution in [-0.2, 0) is 30.3 Å². The molecule has 5 heteroatoms. The smallest absolute Gasteiger partial charge is 0.115 e. The van der Waals surface area contributed by atoms with Crippen molar-refractivity contribution in [3.05, 3.63) is 35.9 Å². The Morgan fingerprint density at radius 1 is 1.09 bits per heavy atom. The van der Waals surface area contributed by atoms with Crippen LogP contribution in [0.5, 0.6) is 0 Å². The van der Waals surface area contributed by atoms with Gasteiger partial charge in [-0.1, -0.05) is 30.3 Å². The van der Waals surface area contributed by atoms with E-state index in [1.807, 2.05) is 37.3 Å². The summed E-state index contributed by atoms with van der Waals surface area (Å²) in [5.41, 5.74) is 1.12. The quantitative estimate of drug-likeness (QED) is 0.735. The molecule has 1 aromatic rings. The van der Waals surface area contributed by atoms with Crippen LogP contribution in [0, 0.1) is 0 Å². The molecule has 0 aromatic heterocycles. The third-order valence-electron chi connectivity index (χ3n) is 3.88. The average molecular weight is 310 g/mol. The van der Waals surface area contributed by atoms with Gasteiger partial charge in [-0.05, 0) is 12.5 Å². The van der Waals surface area contributed by atoms with E-state index >= 15 is 0 Å². The van der Waals surface area contributed by atoms with Gasteiger partial charge >= 0.3 is 0 Å². The number of methoxy groups -OCH3 is 2. The van der Waals surface area contributed by atoms with Gasteiger partial charge in [-0.2, -0.15) is 0 Å². The zero-order valence-electron chi connectivity index (χ0n) is 13.6. The molecule has 1 fully saturated rings. The van der Waals surface area contributed by atoms with E-state index in [2.05, 4.69) is 0 Å². The fourth-order valence-corrected chi connectivity index (χ4v) is 2.67. The minimum atomic E-state index is -0.226. The lowest BCUT2D eigenvalue weighted by Gasteiger charge is -2.41. The molecule has 4 atom stereocenters. The molecule has 1 heterocycles. The number of hydrogen-bond donors (Lipinski definition) is 0. The van der Waals surface area contributed by atoms with E-state index in [0.29, 0.717) is 26.4 Å². The third kappa shape index (κ3) is 4.51. The van der Waals surface area contributed by atoms with E-state index in [1.165, 1.54) is 0 Å². The molecule has 0 aliphatic carbocycles. The van der Waals surface area contributed by atoms with E-state index in [4.69, 9.17) is 23.7 Å². The zero-order chi connectivity index (χ0) is 15.8. The second kappa shape index (κ2) is 9.22. The summed E-state index contributed by atoms with van der Waals surface area (Å²) in [5.74, 6) is 0. The fraction of sp³-hybridized carbons (Fsp3) is 0.647. The van der Waals surface area contributed by atoms with Crippen molar-refractivity contribution < 1.29 is 23.7 Å². The first-order valence-corrected chi connectivity index (χ1v) is 7.70. The summed E-state index contributed by atoms with van der Waals surface area (Å²) >= 11 is 0. The minimum absolute atomic E-state index is 0.136. The second-order valence-electron chi connectivity index (χ2n) is 5.27. The summed E-state index contributed by atoms with van der Waals surface area (Å²) in [4.78, 5) is 0. The number of ether oxygens (including phenoxy) is 5. The van der Waals surface area contributed by atoms with Gasteiger partial charge in [-0.25, -0.2) is 0 Å². The molecular formula is C17H26O5. The maximum absolute atomic E-state index is 6.10. The molecule has 0 bridgehead atoms. The highest BCUT2D eigenvalue weighted by Gasteiger charge is 2.42. The first kappa shape index (κ1) is 17.4. The van der Waals surface area contributed by atoms with Gasteiger partial charge in [0.05, 0.1) is 19.8 Å². The first-order chi connectivity index (χ1) is 10.8. The monoisotopic (exact) mass is 310 g/mol. The summed E-state index contributed by atoms with van der Waals surface area (Å²) < 4.78 is 28.6. The van der Waals surface area contributed by atoms with Crippen molar-refractivity contribution in [2.45, 2.75) is 37.9 Å². The Labute approximate surface area is 132 Å². The normalized spacial score (nSPS) is 28.7. The Morgan fingerprint density at radius 2 is 1.86 bits per heavy atom. The molecular weight excluding hydrogens is 284 g/mol. The van der Waals surface area contributed by atoms with Crippen LogP contribution in [0.2, 0.25) is 0 Å². The maximum Gasteiger partial charge on any atom is 0.115 e. The maximum atomic E-state index is 6.10. The van der Waals surface area contributed by atoms with Crippen LogP contribution in [0.15, 0.2) is 30.3 Å². The molecule has 0 spiro atoms. The molecule has 1 aliphatic rings. The van der Waals surface area contributed by atoms with Crippen molar-refractivity contribution in [1.29, 1.82) is 0 Å². The van der Waals surface area contributed by atoms with Crippen molar-refractivity contribution in [2.75, 3.05) is 34.0 Å². The molecule has 0 saturated carbocycles. The third-order valence-corrected chi connectivity index (χ3v) is 3.88. The average Bonchev–Trinajstić information content (AvgIpc) is 2.58. The summed E-state index contributed by atoms with van der Waals surface area (Å²) in [7, 11) is 3.34. The van der Waals surface area contributed by atoms with Gasteiger partial charge in [0.2, 0.25) is 0 Å². The van der Waals surface area contributed by atoms with Crippen LogP contribution < -0.4 is 0 Å². The van der Waals surface area contributed by atoms with Crippen LogP contribution in [0.4, 0.5) is 0 Å². The molecule has 124 valence electrons.